The second kappa shape index (κ2) is 9.72. The van der Waals surface area contributed by atoms with Crippen molar-refractivity contribution in [2.75, 3.05) is 26.9 Å². The molecule has 0 bridgehead atoms. The lowest BCUT2D eigenvalue weighted by Crippen LogP contribution is -2.20. The molecule has 2 rings (SSSR count). The van der Waals surface area contributed by atoms with E-state index in [1.54, 1.807) is 37.4 Å². The molecule has 0 fully saturated rings. The van der Waals surface area contributed by atoms with Crippen LogP contribution in [0.5, 0.6) is 5.75 Å². The van der Waals surface area contributed by atoms with Gasteiger partial charge in [-0.1, -0.05) is 0 Å². The number of nitrogens with zero attached hydrogens (tertiary/aromatic N) is 2. The Morgan fingerprint density at radius 3 is 2.46 bits per heavy atom. The van der Waals surface area contributed by atoms with Crippen LogP contribution >= 0.6 is 0 Å². The van der Waals surface area contributed by atoms with E-state index in [1.165, 1.54) is 0 Å². The highest BCUT2D eigenvalue weighted by molar-refractivity contribution is 5.99. The number of carbonyl (C=O) groups excluding carboxylic acids is 2. The maximum atomic E-state index is 12.5. The van der Waals surface area contributed by atoms with Crippen LogP contribution in [0, 0.1) is 25.2 Å². The summed E-state index contributed by atoms with van der Waals surface area (Å²) < 4.78 is 17.6. The van der Waals surface area contributed by atoms with Gasteiger partial charge in [0.15, 0.2) is 13.2 Å². The smallest absolute Gasteiger partial charge is 0.344 e. The monoisotopic (exact) mass is 384 g/mol. The Morgan fingerprint density at radius 2 is 1.86 bits per heavy atom. The largest absolute Gasteiger partial charge is 0.482 e. The number of nitriles is 1. The molecule has 148 valence electrons. The molecule has 2 aromatic rings. The number of rotatable bonds is 9. The van der Waals surface area contributed by atoms with E-state index in [-0.39, 0.29) is 25.0 Å². The van der Waals surface area contributed by atoms with Crippen LogP contribution in [0.1, 0.15) is 40.3 Å². The predicted octanol–water partition coefficient (Wildman–Crippen LogP) is 2.99. The molecule has 0 aliphatic heterocycles. The first kappa shape index (κ1) is 21.2. The number of methoxy groups -OCH3 is 1. The number of hydrogen-bond donors (Lipinski definition) is 0. The SMILES string of the molecule is COC[C@@H](C)n1c(C)cc(C(=O)COC(=O)COc2ccc(C#N)cc2)c1C. The number of esters is 1. The Bertz CT molecular complexity index is 877. The first-order valence-corrected chi connectivity index (χ1v) is 8.86. The summed E-state index contributed by atoms with van der Waals surface area (Å²) in [5.74, 6) is -0.465. The molecule has 0 saturated carbocycles. The van der Waals surface area contributed by atoms with Gasteiger partial charge in [0.05, 0.1) is 24.3 Å². The van der Waals surface area contributed by atoms with Crippen LogP contribution < -0.4 is 4.74 Å². The van der Waals surface area contributed by atoms with Crippen molar-refractivity contribution in [3.63, 3.8) is 0 Å². The quantitative estimate of drug-likeness (QED) is 0.488. The average Bonchev–Trinajstić information content (AvgIpc) is 2.99. The van der Waals surface area contributed by atoms with E-state index in [4.69, 9.17) is 19.5 Å². The number of ketones is 1. The summed E-state index contributed by atoms with van der Waals surface area (Å²) in [5, 5.41) is 8.75. The average molecular weight is 384 g/mol. The van der Waals surface area contributed by atoms with Crippen LogP contribution in [-0.4, -0.2) is 43.3 Å². The van der Waals surface area contributed by atoms with Gasteiger partial charge in [-0.25, -0.2) is 4.79 Å². The zero-order valence-corrected chi connectivity index (χ0v) is 16.5. The molecule has 7 nitrogen and oxygen atoms in total. The lowest BCUT2D eigenvalue weighted by Gasteiger charge is -2.17. The topological polar surface area (TPSA) is 90.6 Å². The molecule has 1 heterocycles. The minimum atomic E-state index is -0.640. The molecule has 28 heavy (non-hydrogen) atoms. The van der Waals surface area contributed by atoms with Gasteiger partial charge in [-0.05, 0) is 51.1 Å². The lowest BCUT2D eigenvalue weighted by molar-refractivity contribution is -0.144. The van der Waals surface area contributed by atoms with Gasteiger partial charge >= 0.3 is 5.97 Å². The van der Waals surface area contributed by atoms with Crippen molar-refractivity contribution >= 4 is 11.8 Å². The van der Waals surface area contributed by atoms with E-state index in [1.807, 2.05) is 31.4 Å². The molecule has 0 unspecified atom stereocenters. The van der Waals surface area contributed by atoms with Gasteiger partial charge in [0.2, 0.25) is 5.78 Å². The highest BCUT2D eigenvalue weighted by Crippen LogP contribution is 2.21. The van der Waals surface area contributed by atoms with Gasteiger partial charge < -0.3 is 18.8 Å². The van der Waals surface area contributed by atoms with Crippen LogP contribution in [0.15, 0.2) is 30.3 Å². The van der Waals surface area contributed by atoms with Crippen LogP contribution in [0.25, 0.3) is 0 Å². The van der Waals surface area contributed by atoms with Crippen molar-refractivity contribution < 1.29 is 23.8 Å². The molecule has 0 spiro atoms. The molecule has 1 aromatic heterocycles. The van der Waals surface area contributed by atoms with Crippen LogP contribution in [0.2, 0.25) is 0 Å². The van der Waals surface area contributed by atoms with E-state index in [0.717, 1.165) is 11.4 Å². The third-order valence-corrected chi connectivity index (χ3v) is 4.34. The second-order valence-corrected chi connectivity index (χ2v) is 6.47. The summed E-state index contributed by atoms with van der Waals surface area (Å²) in [4.78, 5) is 24.3. The lowest BCUT2D eigenvalue weighted by atomic mass is 10.1. The third-order valence-electron chi connectivity index (χ3n) is 4.34. The molecule has 0 radical (unpaired) electrons. The Hall–Kier alpha value is -3.11. The van der Waals surface area contributed by atoms with Gasteiger partial charge in [0, 0.05) is 24.1 Å². The molecular weight excluding hydrogens is 360 g/mol. The Morgan fingerprint density at radius 1 is 1.18 bits per heavy atom. The predicted molar refractivity (Wildman–Crippen MR) is 102 cm³/mol. The summed E-state index contributed by atoms with van der Waals surface area (Å²) in [7, 11) is 1.64. The first-order valence-electron chi connectivity index (χ1n) is 8.86. The summed E-state index contributed by atoms with van der Waals surface area (Å²) in [6.07, 6.45) is 0. The minimum Gasteiger partial charge on any atom is -0.482 e. The molecule has 0 N–H and O–H groups in total. The van der Waals surface area contributed by atoms with Crippen LogP contribution in [0.4, 0.5) is 0 Å². The van der Waals surface area contributed by atoms with Crippen molar-refractivity contribution in [3.05, 3.63) is 52.8 Å². The van der Waals surface area contributed by atoms with E-state index < -0.39 is 5.97 Å². The number of ether oxygens (including phenoxy) is 3. The normalized spacial score (nSPS) is 11.5. The zero-order chi connectivity index (χ0) is 20.7. The Kier molecular flexibility index (Phi) is 7.36. The number of aryl methyl sites for hydroxylation is 1. The summed E-state index contributed by atoms with van der Waals surface area (Å²) >= 11 is 0. The van der Waals surface area contributed by atoms with Crippen molar-refractivity contribution in [1.82, 2.24) is 4.57 Å². The van der Waals surface area contributed by atoms with Gasteiger partial charge in [-0.2, -0.15) is 5.26 Å². The number of aromatic nitrogens is 1. The summed E-state index contributed by atoms with van der Waals surface area (Å²) in [6.45, 7) is 5.67. The standard InChI is InChI=1S/C21H24N2O5/c1-14-9-19(16(3)23(14)15(2)11-26-4)20(24)12-28-21(25)13-27-18-7-5-17(10-22)6-8-18/h5-9,15H,11-13H2,1-4H3/t15-/m1/s1. The first-order chi connectivity index (χ1) is 13.4. The van der Waals surface area contributed by atoms with Gasteiger partial charge in [-0.3, -0.25) is 4.79 Å². The van der Waals surface area contributed by atoms with Crippen molar-refractivity contribution in [2.24, 2.45) is 0 Å². The van der Waals surface area contributed by atoms with Gasteiger partial charge in [0.1, 0.15) is 5.75 Å². The molecular formula is C21H24N2O5. The fourth-order valence-corrected chi connectivity index (χ4v) is 3.09. The molecule has 0 aliphatic rings. The van der Waals surface area contributed by atoms with E-state index >= 15 is 0 Å². The number of Topliss-reactive ketones (excluding diaryl/α,β-unsaturated/α-hetero) is 1. The molecule has 1 aromatic carbocycles. The molecule has 0 saturated heterocycles. The maximum absolute atomic E-state index is 12.5. The summed E-state index contributed by atoms with van der Waals surface area (Å²) in [5.41, 5.74) is 2.79. The summed E-state index contributed by atoms with van der Waals surface area (Å²) in [6, 6.07) is 10.2. The highest BCUT2D eigenvalue weighted by Gasteiger charge is 2.20. The van der Waals surface area contributed by atoms with Crippen molar-refractivity contribution in [2.45, 2.75) is 26.8 Å². The van der Waals surface area contributed by atoms with Crippen LogP contribution in [0.3, 0.4) is 0 Å². The van der Waals surface area contributed by atoms with E-state index in [9.17, 15) is 9.59 Å². The number of hydrogen-bond acceptors (Lipinski definition) is 6. The van der Waals surface area contributed by atoms with Gasteiger partial charge in [0.25, 0.3) is 0 Å². The molecule has 7 heteroatoms. The molecule has 0 amide bonds. The Labute approximate surface area is 164 Å². The minimum absolute atomic E-state index is 0.0925. The van der Waals surface area contributed by atoms with Crippen LogP contribution in [-0.2, 0) is 14.3 Å². The zero-order valence-electron chi connectivity index (χ0n) is 16.5. The van der Waals surface area contributed by atoms with E-state index in [2.05, 4.69) is 0 Å². The number of benzene rings is 1. The second-order valence-electron chi connectivity index (χ2n) is 6.47. The fourth-order valence-electron chi connectivity index (χ4n) is 3.09. The van der Waals surface area contributed by atoms with Crippen molar-refractivity contribution in [3.8, 4) is 11.8 Å². The molecule has 1 atom stereocenters. The highest BCUT2D eigenvalue weighted by atomic mass is 16.6. The Balaban J connectivity index is 1.90. The fraction of sp³-hybridized carbons (Fsp3) is 0.381. The van der Waals surface area contributed by atoms with Gasteiger partial charge in [-0.15, -0.1) is 0 Å². The van der Waals surface area contributed by atoms with Crippen molar-refractivity contribution in [1.29, 1.82) is 5.26 Å². The maximum Gasteiger partial charge on any atom is 0.344 e. The number of carbonyl (C=O) groups is 2. The molecule has 0 aliphatic carbocycles. The third kappa shape index (κ3) is 5.21. The van der Waals surface area contributed by atoms with E-state index in [0.29, 0.717) is 23.5 Å².